The fourth-order valence-electron chi connectivity index (χ4n) is 2.01. The molecule has 0 aliphatic heterocycles. The molecule has 0 atom stereocenters. The Hall–Kier alpha value is -2.33. The molecule has 0 radical (unpaired) electrons. The minimum absolute atomic E-state index is 0.0362. The summed E-state index contributed by atoms with van der Waals surface area (Å²) < 4.78 is 62.4. The predicted molar refractivity (Wildman–Crippen MR) is 95.9 cm³/mol. The molecule has 0 saturated heterocycles. The van der Waals surface area contributed by atoms with E-state index < -0.39 is 15.5 Å². The molecule has 0 saturated carbocycles. The van der Waals surface area contributed by atoms with Crippen molar-refractivity contribution in [3.05, 3.63) is 58.9 Å². The van der Waals surface area contributed by atoms with E-state index in [0.29, 0.717) is 5.69 Å². The maximum Gasteiger partial charge on any atom is 0.516 e. The highest BCUT2D eigenvalue weighted by atomic mass is 35.5. The normalized spacial score (nSPS) is 12.7. The van der Waals surface area contributed by atoms with Gasteiger partial charge in [0.05, 0.1) is 17.1 Å². The van der Waals surface area contributed by atoms with Crippen LogP contribution < -0.4 is 4.72 Å². The standard InChI is InChI=1S/C16H15ClF3N3O3S/c1-2-14(22-26-10-12-5-3-4-8-21-12)13-9-11(17)6-7-15(13)23-27(24,25)16(18,19)20/h3-9,23H,2,10H2,1H3/b22-14+. The highest BCUT2D eigenvalue weighted by Gasteiger charge is 2.46. The summed E-state index contributed by atoms with van der Waals surface area (Å²) in [5.41, 5.74) is -4.87. The zero-order chi connectivity index (χ0) is 20.1. The largest absolute Gasteiger partial charge is 0.516 e. The van der Waals surface area contributed by atoms with E-state index >= 15 is 0 Å². The van der Waals surface area contributed by atoms with E-state index in [2.05, 4.69) is 10.1 Å². The van der Waals surface area contributed by atoms with Crippen LogP contribution in [0.4, 0.5) is 18.9 Å². The number of aromatic nitrogens is 1. The van der Waals surface area contributed by atoms with Crippen LogP contribution >= 0.6 is 11.6 Å². The lowest BCUT2D eigenvalue weighted by molar-refractivity contribution is -0.0429. The van der Waals surface area contributed by atoms with Crippen LogP contribution in [-0.2, 0) is 21.5 Å². The summed E-state index contributed by atoms with van der Waals surface area (Å²) in [4.78, 5) is 9.25. The van der Waals surface area contributed by atoms with Crippen LogP contribution in [0.3, 0.4) is 0 Å². The molecule has 0 aliphatic carbocycles. The third-order valence-electron chi connectivity index (χ3n) is 3.29. The summed E-state index contributed by atoms with van der Waals surface area (Å²) in [6, 6.07) is 8.91. The first-order valence-electron chi connectivity index (χ1n) is 7.62. The van der Waals surface area contributed by atoms with Gasteiger partial charge in [-0.05, 0) is 36.8 Å². The molecule has 2 rings (SSSR count). The van der Waals surface area contributed by atoms with E-state index in [1.165, 1.54) is 16.9 Å². The molecule has 6 nitrogen and oxygen atoms in total. The van der Waals surface area contributed by atoms with Gasteiger partial charge >= 0.3 is 15.5 Å². The number of hydrogen-bond donors (Lipinski definition) is 1. The van der Waals surface area contributed by atoms with Crippen LogP contribution in [0.25, 0.3) is 0 Å². The molecule has 0 fully saturated rings. The van der Waals surface area contributed by atoms with Crippen LogP contribution in [0.2, 0.25) is 5.02 Å². The van der Waals surface area contributed by atoms with Gasteiger partial charge in [0.1, 0.15) is 0 Å². The number of benzene rings is 1. The number of anilines is 1. The minimum atomic E-state index is -5.59. The van der Waals surface area contributed by atoms with Gasteiger partial charge < -0.3 is 4.84 Å². The van der Waals surface area contributed by atoms with Crippen LogP contribution in [0.5, 0.6) is 0 Å². The Morgan fingerprint density at radius 1 is 1.30 bits per heavy atom. The zero-order valence-corrected chi connectivity index (χ0v) is 15.6. The topological polar surface area (TPSA) is 80.7 Å². The van der Waals surface area contributed by atoms with E-state index in [0.717, 1.165) is 6.07 Å². The van der Waals surface area contributed by atoms with Crippen LogP contribution in [-0.4, -0.2) is 24.6 Å². The number of hydrogen-bond acceptors (Lipinski definition) is 5. The molecule has 146 valence electrons. The van der Waals surface area contributed by atoms with Crippen molar-refractivity contribution in [1.29, 1.82) is 0 Å². The summed E-state index contributed by atoms with van der Waals surface area (Å²) in [6.45, 7) is 1.72. The van der Waals surface area contributed by atoms with E-state index in [4.69, 9.17) is 16.4 Å². The Balaban J connectivity index is 2.31. The molecular weight excluding hydrogens is 407 g/mol. The highest BCUT2D eigenvalue weighted by molar-refractivity contribution is 7.93. The van der Waals surface area contributed by atoms with Crippen LogP contribution in [0.1, 0.15) is 24.6 Å². The molecule has 2 aromatic rings. The third-order valence-corrected chi connectivity index (χ3v) is 4.62. The lowest BCUT2D eigenvalue weighted by Crippen LogP contribution is -2.30. The molecule has 0 unspecified atom stereocenters. The molecule has 0 aliphatic rings. The number of rotatable bonds is 7. The number of halogens is 4. The minimum Gasteiger partial charge on any atom is -0.389 e. The number of nitrogens with zero attached hydrogens (tertiary/aromatic N) is 2. The van der Waals surface area contributed by atoms with Crippen molar-refractivity contribution < 1.29 is 26.4 Å². The lowest BCUT2D eigenvalue weighted by Gasteiger charge is -2.15. The maximum absolute atomic E-state index is 12.7. The van der Waals surface area contributed by atoms with E-state index in [-0.39, 0.29) is 35.0 Å². The predicted octanol–water partition coefficient (Wildman–Crippen LogP) is 4.33. The monoisotopic (exact) mass is 421 g/mol. The summed E-state index contributed by atoms with van der Waals surface area (Å²) >= 11 is 5.90. The summed E-state index contributed by atoms with van der Waals surface area (Å²) in [7, 11) is -5.59. The molecule has 0 amide bonds. The molecule has 0 bridgehead atoms. The van der Waals surface area contributed by atoms with Crippen molar-refractivity contribution in [2.24, 2.45) is 5.16 Å². The molecule has 1 N–H and O–H groups in total. The fourth-order valence-corrected chi connectivity index (χ4v) is 2.77. The molecule has 1 aromatic carbocycles. The Morgan fingerprint density at radius 3 is 2.63 bits per heavy atom. The number of oxime groups is 1. The Labute approximate surface area is 159 Å². The SMILES string of the molecule is CC/C(=N\OCc1ccccn1)c1cc(Cl)ccc1NS(=O)(=O)C(F)(F)F. The number of pyridine rings is 1. The summed E-state index contributed by atoms with van der Waals surface area (Å²) in [5, 5.41) is 4.10. The van der Waals surface area contributed by atoms with Gasteiger partial charge in [0.15, 0.2) is 6.61 Å². The Bertz CT molecular complexity index is 919. The van der Waals surface area contributed by atoms with Gasteiger partial charge in [-0.1, -0.05) is 29.7 Å². The zero-order valence-electron chi connectivity index (χ0n) is 14.0. The first kappa shape index (κ1) is 21.0. The fraction of sp³-hybridized carbons (Fsp3) is 0.250. The second-order valence-electron chi connectivity index (χ2n) is 5.23. The number of sulfonamides is 1. The van der Waals surface area contributed by atoms with Crippen molar-refractivity contribution in [3.8, 4) is 0 Å². The number of nitrogens with one attached hydrogen (secondary N) is 1. The van der Waals surface area contributed by atoms with E-state index in [9.17, 15) is 21.6 Å². The Morgan fingerprint density at radius 2 is 2.04 bits per heavy atom. The maximum atomic E-state index is 12.7. The highest BCUT2D eigenvalue weighted by Crippen LogP contribution is 2.29. The molecular formula is C16H15ClF3N3O3S. The first-order valence-corrected chi connectivity index (χ1v) is 9.48. The molecule has 1 aromatic heterocycles. The second kappa shape index (κ2) is 8.57. The van der Waals surface area contributed by atoms with Crippen molar-refractivity contribution in [1.82, 2.24) is 4.98 Å². The van der Waals surface area contributed by atoms with Gasteiger partial charge in [0, 0.05) is 16.8 Å². The average molecular weight is 422 g/mol. The van der Waals surface area contributed by atoms with E-state index in [1.54, 1.807) is 31.3 Å². The van der Waals surface area contributed by atoms with Crippen molar-refractivity contribution >= 4 is 33.0 Å². The number of alkyl halides is 3. The van der Waals surface area contributed by atoms with Gasteiger partial charge in [-0.2, -0.15) is 21.6 Å². The average Bonchev–Trinajstić information content (AvgIpc) is 2.60. The second-order valence-corrected chi connectivity index (χ2v) is 7.34. The van der Waals surface area contributed by atoms with Crippen molar-refractivity contribution in [2.45, 2.75) is 25.5 Å². The Kier molecular flexibility index (Phi) is 6.66. The molecule has 1 heterocycles. The molecule has 11 heteroatoms. The van der Waals surface area contributed by atoms with Gasteiger partial charge in [0.25, 0.3) is 0 Å². The van der Waals surface area contributed by atoms with Gasteiger partial charge in [0.2, 0.25) is 0 Å². The van der Waals surface area contributed by atoms with Crippen LogP contribution in [0, 0.1) is 0 Å². The third kappa shape index (κ3) is 5.57. The van der Waals surface area contributed by atoms with Crippen molar-refractivity contribution in [2.75, 3.05) is 4.72 Å². The van der Waals surface area contributed by atoms with Gasteiger partial charge in [-0.15, -0.1) is 0 Å². The summed E-state index contributed by atoms with van der Waals surface area (Å²) in [5.74, 6) is 0. The summed E-state index contributed by atoms with van der Waals surface area (Å²) in [6.07, 6.45) is 1.83. The van der Waals surface area contributed by atoms with E-state index in [1.807, 2.05) is 0 Å². The van der Waals surface area contributed by atoms with Gasteiger partial charge in [-0.3, -0.25) is 9.71 Å². The van der Waals surface area contributed by atoms with Gasteiger partial charge in [-0.25, -0.2) is 0 Å². The molecule has 0 spiro atoms. The molecule has 27 heavy (non-hydrogen) atoms. The smallest absolute Gasteiger partial charge is 0.389 e. The lowest BCUT2D eigenvalue weighted by atomic mass is 10.1. The quantitative estimate of drug-likeness (QED) is 0.533. The van der Waals surface area contributed by atoms with Crippen LogP contribution in [0.15, 0.2) is 47.8 Å². The van der Waals surface area contributed by atoms with Crippen molar-refractivity contribution in [3.63, 3.8) is 0 Å². The first-order chi connectivity index (χ1) is 12.6.